The molecular formula is C21H20BrFN2O3. The van der Waals surface area contributed by atoms with Crippen LogP contribution in [0.4, 0.5) is 9.18 Å². The summed E-state index contributed by atoms with van der Waals surface area (Å²) in [7, 11) is 1.61. The summed E-state index contributed by atoms with van der Waals surface area (Å²) in [6.07, 6.45) is 0.178. The first-order valence-electron chi connectivity index (χ1n) is 9.06. The van der Waals surface area contributed by atoms with Crippen LogP contribution in [0.15, 0.2) is 46.9 Å². The number of hydrogen-bond donors (Lipinski definition) is 1. The lowest BCUT2D eigenvalue weighted by Gasteiger charge is -2.35. The van der Waals surface area contributed by atoms with Crippen molar-refractivity contribution in [3.63, 3.8) is 0 Å². The summed E-state index contributed by atoms with van der Waals surface area (Å²) in [4.78, 5) is 17.8. The first kappa shape index (κ1) is 18.8. The first-order chi connectivity index (χ1) is 13.6. The Labute approximate surface area is 170 Å². The van der Waals surface area contributed by atoms with Crippen LogP contribution in [-0.4, -0.2) is 42.9 Å². The smallest absolute Gasteiger partial charge is 0.410 e. The molecule has 2 aromatic carbocycles. The summed E-state index contributed by atoms with van der Waals surface area (Å²) in [6, 6.07) is 13.3. The van der Waals surface area contributed by atoms with Crippen LogP contribution in [0.5, 0.6) is 5.75 Å². The minimum Gasteiger partial charge on any atom is -0.497 e. The number of fused-ring (bicyclic) bond motifs is 3. The van der Waals surface area contributed by atoms with Gasteiger partial charge in [0.1, 0.15) is 25.1 Å². The zero-order chi connectivity index (χ0) is 19.7. The lowest BCUT2D eigenvalue weighted by atomic mass is 9.92. The molecule has 1 N–H and O–H groups in total. The summed E-state index contributed by atoms with van der Waals surface area (Å²) in [5.74, 6) is 0.741. The first-order valence-corrected chi connectivity index (χ1v) is 9.85. The van der Waals surface area contributed by atoms with Crippen LogP contribution in [0.2, 0.25) is 0 Å². The molecule has 0 saturated carbocycles. The van der Waals surface area contributed by atoms with Crippen LogP contribution in [0.25, 0.3) is 10.9 Å². The molecule has 4 rings (SSSR count). The van der Waals surface area contributed by atoms with Gasteiger partial charge < -0.3 is 14.5 Å². The third-order valence-electron chi connectivity index (χ3n) is 5.07. The molecule has 1 aromatic heterocycles. The molecule has 146 valence electrons. The van der Waals surface area contributed by atoms with E-state index < -0.39 is 12.8 Å². The van der Waals surface area contributed by atoms with E-state index in [0.717, 1.165) is 32.4 Å². The van der Waals surface area contributed by atoms with Crippen LogP contribution in [-0.2, 0) is 11.2 Å². The van der Waals surface area contributed by atoms with Crippen LogP contribution < -0.4 is 4.74 Å². The van der Waals surface area contributed by atoms with Gasteiger partial charge in [-0.05, 0) is 41.8 Å². The second kappa shape index (κ2) is 7.83. The third-order valence-corrected chi connectivity index (χ3v) is 5.73. The molecule has 1 unspecified atom stereocenters. The maximum Gasteiger partial charge on any atom is 0.410 e. The highest BCUT2D eigenvalue weighted by Gasteiger charge is 2.35. The van der Waals surface area contributed by atoms with Gasteiger partial charge >= 0.3 is 6.09 Å². The number of aromatic amines is 1. The van der Waals surface area contributed by atoms with Gasteiger partial charge in [0.25, 0.3) is 0 Å². The molecule has 1 aliphatic rings. The SMILES string of the molecule is COc1ccc(C2c3[nH]c4cccc(Br)c4c3CCN2C(=O)OCCF)cc1. The van der Waals surface area contributed by atoms with Gasteiger partial charge in [-0.2, -0.15) is 0 Å². The number of amides is 1. The molecule has 1 aliphatic heterocycles. The zero-order valence-corrected chi connectivity index (χ0v) is 17.0. The van der Waals surface area contributed by atoms with Gasteiger partial charge in [0.2, 0.25) is 0 Å². The molecule has 28 heavy (non-hydrogen) atoms. The van der Waals surface area contributed by atoms with Crippen molar-refractivity contribution in [2.24, 2.45) is 0 Å². The van der Waals surface area contributed by atoms with Crippen molar-refractivity contribution >= 4 is 32.9 Å². The van der Waals surface area contributed by atoms with Gasteiger partial charge in [-0.3, -0.25) is 4.90 Å². The molecular weight excluding hydrogens is 427 g/mol. The molecule has 5 nitrogen and oxygen atoms in total. The normalized spacial score (nSPS) is 16.1. The topological polar surface area (TPSA) is 54.6 Å². The van der Waals surface area contributed by atoms with E-state index in [4.69, 9.17) is 9.47 Å². The van der Waals surface area contributed by atoms with Gasteiger partial charge in [-0.15, -0.1) is 0 Å². The molecule has 0 saturated heterocycles. The van der Waals surface area contributed by atoms with E-state index in [1.54, 1.807) is 12.0 Å². The van der Waals surface area contributed by atoms with Gasteiger partial charge in [-0.1, -0.05) is 34.1 Å². The number of alkyl halides is 1. The Balaban J connectivity index is 1.83. The number of carbonyl (C=O) groups is 1. The molecule has 0 fully saturated rings. The molecule has 2 heterocycles. The largest absolute Gasteiger partial charge is 0.497 e. The van der Waals surface area contributed by atoms with Crippen LogP contribution in [0.3, 0.4) is 0 Å². The van der Waals surface area contributed by atoms with Crippen molar-refractivity contribution in [2.75, 3.05) is 26.9 Å². The quantitative estimate of drug-likeness (QED) is 0.613. The second-order valence-electron chi connectivity index (χ2n) is 6.60. The maximum atomic E-state index is 12.6. The average Bonchev–Trinajstić information content (AvgIpc) is 3.11. The van der Waals surface area contributed by atoms with Crippen LogP contribution in [0.1, 0.15) is 22.9 Å². The Morgan fingerprint density at radius 1 is 1.29 bits per heavy atom. The maximum absolute atomic E-state index is 12.6. The molecule has 1 amide bonds. The second-order valence-corrected chi connectivity index (χ2v) is 7.46. The van der Waals surface area contributed by atoms with Crippen molar-refractivity contribution in [2.45, 2.75) is 12.5 Å². The fourth-order valence-corrected chi connectivity index (χ4v) is 4.44. The van der Waals surface area contributed by atoms with E-state index in [2.05, 4.69) is 20.9 Å². The highest BCUT2D eigenvalue weighted by Crippen LogP contribution is 2.41. The summed E-state index contributed by atoms with van der Waals surface area (Å²) < 4.78 is 23.9. The molecule has 0 radical (unpaired) electrons. The van der Waals surface area contributed by atoms with Crippen molar-refractivity contribution < 1.29 is 18.7 Å². The minimum atomic E-state index is -0.697. The Morgan fingerprint density at radius 3 is 2.79 bits per heavy atom. The number of H-pyrrole nitrogens is 1. The predicted octanol–water partition coefficient (Wildman–Crippen LogP) is 4.99. The number of aromatic nitrogens is 1. The summed E-state index contributed by atoms with van der Waals surface area (Å²) >= 11 is 3.65. The van der Waals surface area contributed by atoms with Gasteiger partial charge in [0, 0.05) is 27.6 Å². The highest BCUT2D eigenvalue weighted by atomic mass is 79.9. The monoisotopic (exact) mass is 446 g/mol. The highest BCUT2D eigenvalue weighted by molar-refractivity contribution is 9.10. The Hall–Kier alpha value is -2.54. The standard InChI is InChI=1S/C21H20BrFN2O3/c1-27-14-7-5-13(6-8-14)20-19-15(9-11-25(20)21(26)28-12-10-23)18-16(22)3-2-4-17(18)24-19/h2-8,20,24H,9-12H2,1H3. The van der Waals surface area contributed by atoms with Crippen molar-refractivity contribution in [3.05, 3.63) is 63.8 Å². The van der Waals surface area contributed by atoms with Gasteiger partial charge in [0.15, 0.2) is 0 Å². The third kappa shape index (κ3) is 3.24. The number of methoxy groups -OCH3 is 1. The summed E-state index contributed by atoms with van der Waals surface area (Å²) in [6.45, 7) is -0.448. The molecule has 3 aromatic rings. The van der Waals surface area contributed by atoms with E-state index >= 15 is 0 Å². The lowest BCUT2D eigenvalue weighted by Crippen LogP contribution is -2.41. The van der Waals surface area contributed by atoms with E-state index in [-0.39, 0.29) is 12.6 Å². The van der Waals surface area contributed by atoms with Gasteiger partial charge in [-0.25, -0.2) is 9.18 Å². The van der Waals surface area contributed by atoms with E-state index in [0.29, 0.717) is 13.0 Å². The molecule has 1 atom stereocenters. The number of carbonyl (C=O) groups excluding carboxylic acids is 1. The molecule has 0 bridgehead atoms. The summed E-state index contributed by atoms with van der Waals surface area (Å²) in [5, 5.41) is 1.13. The molecule has 0 aliphatic carbocycles. The number of nitrogens with zero attached hydrogens (tertiary/aromatic N) is 1. The van der Waals surface area contributed by atoms with Crippen LogP contribution >= 0.6 is 15.9 Å². The predicted molar refractivity (Wildman–Crippen MR) is 109 cm³/mol. The number of ether oxygens (including phenoxy) is 2. The average molecular weight is 447 g/mol. The fourth-order valence-electron chi connectivity index (χ4n) is 3.84. The van der Waals surface area contributed by atoms with Gasteiger partial charge in [0.05, 0.1) is 7.11 Å². The molecule has 7 heteroatoms. The fraction of sp³-hybridized carbons (Fsp3) is 0.286. The Kier molecular flexibility index (Phi) is 5.26. The minimum absolute atomic E-state index is 0.240. The van der Waals surface area contributed by atoms with Crippen molar-refractivity contribution in [3.8, 4) is 5.75 Å². The number of halogens is 2. The number of rotatable bonds is 4. The number of hydrogen-bond acceptors (Lipinski definition) is 3. The van der Waals surface area contributed by atoms with Crippen LogP contribution in [0, 0.1) is 0 Å². The molecule has 0 spiro atoms. The van der Waals surface area contributed by atoms with Crippen molar-refractivity contribution in [1.29, 1.82) is 0 Å². The Bertz CT molecular complexity index is 1000. The van der Waals surface area contributed by atoms with Crippen molar-refractivity contribution in [1.82, 2.24) is 9.88 Å². The zero-order valence-electron chi connectivity index (χ0n) is 15.4. The summed E-state index contributed by atoms with van der Waals surface area (Å²) in [5.41, 5.74) is 4.08. The number of benzene rings is 2. The lowest BCUT2D eigenvalue weighted by molar-refractivity contribution is 0.0837. The van der Waals surface area contributed by atoms with E-state index in [1.807, 2.05) is 42.5 Å². The number of nitrogens with one attached hydrogen (secondary N) is 1. The van der Waals surface area contributed by atoms with E-state index in [1.165, 1.54) is 5.56 Å². The van der Waals surface area contributed by atoms with E-state index in [9.17, 15) is 9.18 Å². The Morgan fingerprint density at radius 2 is 2.07 bits per heavy atom.